The monoisotopic (exact) mass is 370 g/mol. The summed E-state index contributed by atoms with van der Waals surface area (Å²) in [6.45, 7) is 7.42. The van der Waals surface area contributed by atoms with Crippen LogP contribution >= 0.6 is 11.6 Å². The maximum absolute atomic E-state index is 13.2. The first-order valence-electron chi connectivity index (χ1n) is 9.42. The molecule has 0 aliphatic carbocycles. The lowest BCUT2D eigenvalue weighted by Crippen LogP contribution is -2.48. The number of nitrogens with zero attached hydrogens (tertiary/aromatic N) is 2. The summed E-state index contributed by atoms with van der Waals surface area (Å²) in [6, 6.07) is 16.1. The van der Waals surface area contributed by atoms with Crippen LogP contribution in [0.25, 0.3) is 0 Å². The van der Waals surface area contributed by atoms with Gasteiger partial charge in [0.1, 0.15) is 0 Å². The Morgan fingerprint density at radius 2 is 1.85 bits per heavy atom. The standard InChI is InChI=1S/C22H27ClN2O/c1-3-24-13-11-21(12-14-24)25(20-9-7-19(23)8-10-20)22(26)16-18-6-4-5-17(2)15-18/h4-10,15,21H,3,11-14,16H2,1-2H3. The van der Waals surface area contributed by atoms with Gasteiger partial charge in [0.05, 0.1) is 6.42 Å². The highest BCUT2D eigenvalue weighted by molar-refractivity contribution is 6.30. The van der Waals surface area contributed by atoms with Gasteiger partial charge in [0.2, 0.25) is 5.91 Å². The minimum Gasteiger partial charge on any atom is -0.309 e. The summed E-state index contributed by atoms with van der Waals surface area (Å²) in [7, 11) is 0. The van der Waals surface area contributed by atoms with Crippen LogP contribution in [0.2, 0.25) is 5.02 Å². The Morgan fingerprint density at radius 3 is 2.46 bits per heavy atom. The van der Waals surface area contributed by atoms with Crippen LogP contribution in [-0.4, -0.2) is 36.5 Å². The summed E-state index contributed by atoms with van der Waals surface area (Å²) in [5.41, 5.74) is 3.20. The van der Waals surface area contributed by atoms with Crippen LogP contribution in [0.1, 0.15) is 30.9 Å². The fourth-order valence-corrected chi connectivity index (χ4v) is 3.86. The molecular formula is C22H27ClN2O. The van der Waals surface area contributed by atoms with Crippen molar-refractivity contribution < 1.29 is 4.79 Å². The summed E-state index contributed by atoms with van der Waals surface area (Å²) in [6.07, 6.45) is 2.45. The molecule has 3 nitrogen and oxygen atoms in total. The Kier molecular flexibility index (Phi) is 6.33. The van der Waals surface area contributed by atoms with Gasteiger partial charge in [0.25, 0.3) is 0 Å². The molecule has 0 aromatic heterocycles. The van der Waals surface area contributed by atoms with Gasteiger partial charge >= 0.3 is 0 Å². The molecule has 2 aromatic carbocycles. The summed E-state index contributed by atoms with van der Waals surface area (Å²) >= 11 is 6.06. The van der Waals surface area contributed by atoms with Crippen molar-refractivity contribution in [3.63, 3.8) is 0 Å². The van der Waals surface area contributed by atoms with Gasteiger partial charge < -0.3 is 9.80 Å². The molecule has 0 radical (unpaired) electrons. The SMILES string of the molecule is CCN1CCC(N(C(=O)Cc2cccc(C)c2)c2ccc(Cl)cc2)CC1. The van der Waals surface area contributed by atoms with E-state index in [0.29, 0.717) is 11.4 Å². The minimum absolute atomic E-state index is 0.160. The molecule has 1 aliphatic heterocycles. The largest absolute Gasteiger partial charge is 0.309 e. The van der Waals surface area contributed by atoms with Crippen molar-refractivity contribution in [2.24, 2.45) is 0 Å². The molecular weight excluding hydrogens is 344 g/mol. The lowest BCUT2D eigenvalue weighted by Gasteiger charge is -2.38. The predicted octanol–water partition coefficient (Wildman–Crippen LogP) is 4.71. The van der Waals surface area contributed by atoms with Crippen molar-refractivity contribution in [3.8, 4) is 0 Å². The molecule has 2 aromatic rings. The van der Waals surface area contributed by atoms with Crippen LogP contribution in [0.5, 0.6) is 0 Å². The Bertz CT molecular complexity index is 736. The molecule has 138 valence electrons. The molecule has 0 bridgehead atoms. The first kappa shape index (κ1) is 18.9. The maximum atomic E-state index is 13.2. The van der Waals surface area contributed by atoms with Gasteiger partial charge in [-0.1, -0.05) is 48.4 Å². The van der Waals surface area contributed by atoms with E-state index in [1.54, 1.807) is 0 Å². The quantitative estimate of drug-likeness (QED) is 0.761. The molecule has 3 rings (SSSR count). The average Bonchev–Trinajstić information content (AvgIpc) is 2.64. The normalized spacial score (nSPS) is 15.8. The van der Waals surface area contributed by atoms with Crippen molar-refractivity contribution in [3.05, 3.63) is 64.7 Å². The lowest BCUT2D eigenvalue weighted by atomic mass is 10.0. The Labute approximate surface area is 161 Å². The van der Waals surface area contributed by atoms with E-state index >= 15 is 0 Å². The molecule has 1 aliphatic rings. The number of aryl methyl sites for hydroxylation is 1. The zero-order valence-corrected chi connectivity index (χ0v) is 16.4. The highest BCUT2D eigenvalue weighted by Gasteiger charge is 2.28. The van der Waals surface area contributed by atoms with Crippen molar-refractivity contribution in [1.82, 2.24) is 4.90 Å². The highest BCUT2D eigenvalue weighted by atomic mass is 35.5. The van der Waals surface area contributed by atoms with Crippen LogP contribution in [0.3, 0.4) is 0 Å². The number of hydrogen-bond acceptors (Lipinski definition) is 2. The molecule has 1 fully saturated rings. The van der Waals surface area contributed by atoms with Crippen molar-refractivity contribution in [1.29, 1.82) is 0 Å². The lowest BCUT2D eigenvalue weighted by molar-refractivity contribution is -0.118. The summed E-state index contributed by atoms with van der Waals surface area (Å²) in [5.74, 6) is 0.160. The third-order valence-corrected chi connectivity index (χ3v) is 5.43. The summed E-state index contributed by atoms with van der Waals surface area (Å²) in [5, 5.41) is 0.695. The summed E-state index contributed by atoms with van der Waals surface area (Å²) in [4.78, 5) is 17.7. The molecule has 1 saturated heterocycles. The van der Waals surface area contributed by atoms with E-state index < -0.39 is 0 Å². The van der Waals surface area contributed by atoms with E-state index in [9.17, 15) is 4.79 Å². The zero-order valence-electron chi connectivity index (χ0n) is 15.6. The maximum Gasteiger partial charge on any atom is 0.231 e. The molecule has 4 heteroatoms. The zero-order chi connectivity index (χ0) is 18.5. The van der Waals surface area contributed by atoms with Gasteiger partial charge in [0.15, 0.2) is 0 Å². The number of carbonyl (C=O) groups is 1. The second kappa shape index (κ2) is 8.70. The number of anilines is 1. The number of likely N-dealkylation sites (tertiary alicyclic amines) is 1. The number of amides is 1. The van der Waals surface area contributed by atoms with E-state index in [-0.39, 0.29) is 11.9 Å². The third kappa shape index (κ3) is 4.66. The number of rotatable bonds is 5. The van der Waals surface area contributed by atoms with Crippen LogP contribution < -0.4 is 4.90 Å². The highest BCUT2D eigenvalue weighted by Crippen LogP contribution is 2.26. The molecule has 26 heavy (non-hydrogen) atoms. The number of halogens is 1. The number of hydrogen-bond donors (Lipinski definition) is 0. The molecule has 0 saturated carbocycles. The topological polar surface area (TPSA) is 23.6 Å². The van der Waals surface area contributed by atoms with E-state index in [1.807, 2.05) is 41.3 Å². The minimum atomic E-state index is 0.160. The van der Waals surface area contributed by atoms with Crippen LogP contribution in [0.4, 0.5) is 5.69 Å². The van der Waals surface area contributed by atoms with Crippen molar-refractivity contribution in [2.45, 2.75) is 39.2 Å². The molecule has 0 spiro atoms. The summed E-state index contributed by atoms with van der Waals surface area (Å²) < 4.78 is 0. The van der Waals surface area contributed by atoms with Gasteiger partial charge in [-0.2, -0.15) is 0 Å². The number of carbonyl (C=O) groups excluding carboxylic acids is 1. The average molecular weight is 371 g/mol. The van der Waals surface area contributed by atoms with Gasteiger partial charge in [-0.15, -0.1) is 0 Å². The van der Waals surface area contributed by atoms with Crippen LogP contribution in [0, 0.1) is 6.92 Å². The number of piperidine rings is 1. The molecule has 1 heterocycles. The first-order valence-corrected chi connectivity index (χ1v) is 9.80. The Morgan fingerprint density at radius 1 is 1.15 bits per heavy atom. The van der Waals surface area contributed by atoms with E-state index in [0.717, 1.165) is 43.7 Å². The second-order valence-corrected chi connectivity index (χ2v) is 7.51. The van der Waals surface area contributed by atoms with E-state index in [1.165, 1.54) is 5.56 Å². The Hall–Kier alpha value is -1.84. The van der Waals surface area contributed by atoms with Crippen LogP contribution in [-0.2, 0) is 11.2 Å². The second-order valence-electron chi connectivity index (χ2n) is 7.07. The first-order chi connectivity index (χ1) is 12.6. The van der Waals surface area contributed by atoms with Crippen molar-refractivity contribution >= 4 is 23.2 Å². The van der Waals surface area contributed by atoms with Gasteiger partial charge in [-0.25, -0.2) is 0 Å². The number of benzene rings is 2. The fourth-order valence-electron chi connectivity index (χ4n) is 3.74. The van der Waals surface area contributed by atoms with Crippen LogP contribution in [0.15, 0.2) is 48.5 Å². The fraction of sp³-hybridized carbons (Fsp3) is 0.409. The molecule has 1 amide bonds. The Balaban J connectivity index is 1.82. The van der Waals surface area contributed by atoms with Crippen molar-refractivity contribution in [2.75, 3.05) is 24.5 Å². The predicted molar refractivity (Wildman–Crippen MR) is 109 cm³/mol. The molecule has 0 atom stereocenters. The smallest absolute Gasteiger partial charge is 0.231 e. The van der Waals surface area contributed by atoms with E-state index in [2.05, 4.69) is 30.9 Å². The van der Waals surface area contributed by atoms with Gasteiger partial charge in [-0.3, -0.25) is 4.79 Å². The third-order valence-electron chi connectivity index (χ3n) is 5.18. The molecule has 0 unspecified atom stereocenters. The van der Waals surface area contributed by atoms with Gasteiger partial charge in [0, 0.05) is 29.8 Å². The van der Waals surface area contributed by atoms with Gasteiger partial charge in [-0.05, 0) is 56.1 Å². The van der Waals surface area contributed by atoms with E-state index in [4.69, 9.17) is 11.6 Å². The molecule has 0 N–H and O–H groups in total.